The van der Waals surface area contributed by atoms with Gasteiger partial charge in [0.2, 0.25) is 5.91 Å². The Labute approximate surface area is 99.6 Å². The van der Waals surface area contributed by atoms with Gasteiger partial charge in [0.15, 0.2) is 0 Å². The fourth-order valence-electron chi connectivity index (χ4n) is 1.45. The van der Waals surface area contributed by atoms with Gasteiger partial charge in [0.1, 0.15) is 0 Å². The van der Waals surface area contributed by atoms with Gasteiger partial charge in [0, 0.05) is 12.1 Å². The number of carbonyl (C=O) groups excluding carboxylic acids is 1. The molecular formula is C12H16N2O3. The van der Waals surface area contributed by atoms with Crippen LogP contribution in [0.25, 0.3) is 0 Å². The second-order valence-corrected chi connectivity index (χ2v) is 3.62. The third-order valence-electron chi connectivity index (χ3n) is 2.36. The Hall–Kier alpha value is -1.88. The largest absolute Gasteiger partial charge is 0.478 e. The van der Waals surface area contributed by atoms with Gasteiger partial charge >= 0.3 is 5.97 Å². The van der Waals surface area contributed by atoms with Crippen molar-refractivity contribution >= 4 is 17.6 Å². The summed E-state index contributed by atoms with van der Waals surface area (Å²) in [5.74, 6) is -1.09. The van der Waals surface area contributed by atoms with Gasteiger partial charge in [0.25, 0.3) is 0 Å². The summed E-state index contributed by atoms with van der Waals surface area (Å²) in [4.78, 5) is 22.1. The molecule has 0 aliphatic heterocycles. The van der Waals surface area contributed by atoms with E-state index in [0.717, 1.165) is 5.56 Å². The van der Waals surface area contributed by atoms with Crippen molar-refractivity contribution in [3.8, 4) is 0 Å². The minimum Gasteiger partial charge on any atom is -0.478 e. The van der Waals surface area contributed by atoms with Gasteiger partial charge in [-0.3, -0.25) is 4.79 Å². The van der Waals surface area contributed by atoms with Crippen LogP contribution in [0, 0.1) is 0 Å². The van der Waals surface area contributed by atoms with Crippen LogP contribution in [0.3, 0.4) is 0 Å². The standard InChI is InChI=1S/C12H16N2O3/c1-2-11(15)14-10-4-3-9(12(16)17)7-8(10)5-6-13/h3-4,7H,2,5-6,13H2,1H3,(H,14,15)(H,16,17). The number of hydrogen-bond acceptors (Lipinski definition) is 3. The first-order valence-corrected chi connectivity index (χ1v) is 5.44. The molecule has 0 fully saturated rings. The van der Waals surface area contributed by atoms with E-state index in [-0.39, 0.29) is 11.5 Å². The summed E-state index contributed by atoms with van der Waals surface area (Å²) in [6, 6.07) is 4.61. The van der Waals surface area contributed by atoms with E-state index in [0.29, 0.717) is 25.1 Å². The highest BCUT2D eigenvalue weighted by atomic mass is 16.4. The number of amides is 1. The quantitative estimate of drug-likeness (QED) is 0.717. The number of anilines is 1. The summed E-state index contributed by atoms with van der Waals surface area (Å²) in [5.41, 5.74) is 7.03. The molecule has 0 aliphatic rings. The van der Waals surface area contributed by atoms with Gasteiger partial charge in [0.05, 0.1) is 5.56 Å². The van der Waals surface area contributed by atoms with Crippen molar-refractivity contribution in [2.75, 3.05) is 11.9 Å². The van der Waals surface area contributed by atoms with Gasteiger partial charge in [-0.1, -0.05) is 6.92 Å². The average molecular weight is 236 g/mol. The van der Waals surface area contributed by atoms with Crippen LogP contribution >= 0.6 is 0 Å². The van der Waals surface area contributed by atoms with Gasteiger partial charge in [-0.15, -0.1) is 0 Å². The zero-order valence-corrected chi connectivity index (χ0v) is 9.69. The number of carbonyl (C=O) groups is 2. The number of benzene rings is 1. The number of hydrogen-bond donors (Lipinski definition) is 3. The molecular weight excluding hydrogens is 220 g/mol. The molecule has 5 heteroatoms. The zero-order valence-electron chi connectivity index (χ0n) is 9.69. The zero-order chi connectivity index (χ0) is 12.8. The lowest BCUT2D eigenvalue weighted by molar-refractivity contribution is -0.115. The maximum Gasteiger partial charge on any atom is 0.335 e. The first-order valence-electron chi connectivity index (χ1n) is 5.44. The van der Waals surface area contributed by atoms with Crippen LogP contribution in [-0.4, -0.2) is 23.5 Å². The van der Waals surface area contributed by atoms with Crippen LogP contribution < -0.4 is 11.1 Å². The van der Waals surface area contributed by atoms with Crippen LogP contribution in [0.4, 0.5) is 5.69 Å². The highest BCUT2D eigenvalue weighted by Gasteiger charge is 2.09. The van der Waals surface area contributed by atoms with Gasteiger partial charge in [-0.05, 0) is 36.7 Å². The number of nitrogens with two attached hydrogens (primary N) is 1. The number of carboxylic acid groups (broad SMARTS) is 1. The van der Waals surface area contributed by atoms with Crippen molar-refractivity contribution in [1.82, 2.24) is 0 Å². The molecule has 0 heterocycles. The lowest BCUT2D eigenvalue weighted by atomic mass is 10.1. The van der Waals surface area contributed by atoms with E-state index in [2.05, 4.69) is 5.32 Å². The number of aromatic carboxylic acids is 1. The summed E-state index contributed by atoms with van der Waals surface area (Å²) >= 11 is 0. The normalized spacial score (nSPS) is 10.0. The molecule has 92 valence electrons. The summed E-state index contributed by atoms with van der Waals surface area (Å²) in [5, 5.41) is 11.6. The van der Waals surface area contributed by atoms with Crippen LogP contribution in [0.1, 0.15) is 29.3 Å². The lowest BCUT2D eigenvalue weighted by Gasteiger charge is -2.10. The fraction of sp³-hybridized carbons (Fsp3) is 0.333. The summed E-state index contributed by atoms with van der Waals surface area (Å²) in [6.45, 7) is 2.15. The van der Waals surface area contributed by atoms with Crippen LogP contribution in [-0.2, 0) is 11.2 Å². The maximum absolute atomic E-state index is 11.3. The van der Waals surface area contributed by atoms with Crippen LogP contribution in [0.5, 0.6) is 0 Å². The summed E-state index contributed by atoms with van der Waals surface area (Å²) < 4.78 is 0. The van der Waals surface area contributed by atoms with E-state index in [9.17, 15) is 9.59 Å². The smallest absolute Gasteiger partial charge is 0.335 e. The van der Waals surface area contributed by atoms with Crippen LogP contribution in [0.2, 0.25) is 0 Å². The average Bonchev–Trinajstić information content (AvgIpc) is 2.31. The van der Waals surface area contributed by atoms with Gasteiger partial charge in [-0.2, -0.15) is 0 Å². The molecule has 0 saturated heterocycles. The van der Waals surface area contributed by atoms with Crippen molar-refractivity contribution in [1.29, 1.82) is 0 Å². The molecule has 1 amide bonds. The number of rotatable bonds is 5. The SMILES string of the molecule is CCC(=O)Nc1ccc(C(=O)O)cc1CCN. The van der Waals surface area contributed by atoms with E-state index in [4.69, 9.17) is 10.8 Å². The van der Waals surface area contributed by atoms with Crippen LogP contribution in [0.15, 0.2) is 18.2 Å². The highest BCUT2D eigenvalue weighted by Crippen LogP contribution is 2.18. The number of nitrogens with one attached hydrogen (secondary N) is 1. The van der Waals surface area contributed by atoms with Gasteiger partial charge in [-0.25, -0.2) is 4.79 Å². The van der Waals surface area contributed by atoms with E-state index < -0.39 is 5.97 Å². The van der Waals surface area contributed by atoms with E-state index in [1.807, 2.05) is 0 Å². The molecule has 1 aromatic carbocycles. The first kappa shape index (κ1) is 13.2. The predicted octanol–water partition coefficient (Wildman–Crippen LogP) is 1.23. The topological polar surface area (TPSA) is 92.4 Å². The second-order valence-electron chi connectivity index (χ2n) is 3.62. The van der Waals surface area contributed by atoms with Crippen molar-refractivity contribution < 1.29 is 14.7 Å². The summed E-state index contributed by atoms with van der Waals surface area (Å²) in [7, 11) is 0. The minimum absolute atomic E-state index is 0.105. The molecule has 1 aromatic rings. The second kappa shape index (κ2) is 6.00. The molecule has 17 heavy (non-hydrogen) atoms. The monoisotopic (exact) mass is 236 g/mol. The molecule has 0 aromatic heterocycles. The third-order valence-corrected chi connectivity index (χ3v) is 2.36. The Morgan fingerprint density at radius 2 is 2.12 bits per heavy atom. The fourth-order valence-corrected chi connectivity index (χ4v) is 1.45. The van der Waals surface area contributed by atoms with Crippen molar-refractivity contribution in [3.05, 3.63) is 29.3 Å². The van der Waals surface area contributed by atoms with E-state index in [1.165, 1.54) is 6.07 Å². The molecule has 0 radical (unpaired) electrons. The Balaban J connectivity index is 3.03. The van der Waals surface area contributed by atoms with Crippen molar-refractivity contribution in [2.24, 2.45) is 5.73 Å². The molecule has 0 bridgehead atoms. The molecule has 0 saturated carbocycles. The maximum atomic E-state index is 11.3. The Morgan fingerprint density at radius 1 is 1.41 bits per heavy atom. The molecule has 4 N–H and O–H groups in total. The molecule has 0 atom stereocenters. The molecule has 1 rings (SSSR count). The molecule has 0 spiro atoms. The number of carboxylic acids is 1. The van der Waals surface area contributed by atoms with E-state index >= 15 is 0 Å². The predicted molar refractivity (Wildman–Crippen MR) is 65.1 cm³/mol. The van der Waals surface area contributed by atoms with Crippen molar-refractivity contribution in [3.63, 3.8) is 0 Å². The van der Waals surface area contributed by atoms with Gasteiger partial charge < -0.3 is 16.2 Å². The Kier molecular flexibility index (Phi) is 4.66. The van der Waals surface area contributed by atoms with Crippen molar-refractivity contribution in [2.45, 2.75) is 19.8 Å². The summed E-state index contributed by atoms with van der Waals surface area (Å²) in [6.07, 6.45) is 0.906. The Bertz CT molecular complexity index is 430. The minimum atomic E-state index is -0.989. The molecule has 5 nitrogen and oxygen atoms in total. The lowest BCUT2D eigenvalue weighted by Crippen LogP contribution is -2.13. The molecule has 0 unspecified atom stereocenters. The van der Waals surface area contributed by atoms with E-state index in [1.54, 1.807) is 19.1 Å². The third kappa shape index (κ3) is 3.57. The first-order chi connectivity index (χ1) is 8.08. The Morgan fingerprint density at radius 3 is 2.65 bits per heavy atom. The highest BCUT2D eigenvalue weighted by molar-refractivity contribution is 5.93. The molecule has 0 aliphatic carbocycles.